The van der Waals surface area contributed by atoms with Gasteiger partial charge in [-0.25, -0.2) is 9.38 Å². The second-order valence-corrected chi connectivity index (χ2v) is 13.6. The number of nitro groups is 1. The number of fused-ring (bicyclic) bond motifs is 1. The zero-order valence-corrected chi connectivity index (χ0v) is 23.9. The molecule has 6 rings (SSSR count). The average molecular weight is 569 g/mol. The van der Waals surface area contributed by atoms with Gasteiger partial charge in [-0.3, -0.25) is 19.7 Å². The standard InChI is InChI=1S/C30H37FN4O4S/c1-18-23(31)16-22-26(25(18)35(38)39)40-29(33-27(22)36)34-13-11-30(12-14-34)17-24(32-28(30)37)21-9-7-20(8-10-21)15-19-5-3-2-4-6-19/h16,19-21H,2-15,17H2,1H3. The van der Waals surface area contributed by atoms with Crippen LogP contribution in [0.3, 0.4) is 0 Å². The Morgan fingerprint density at radius 1 is 1.07 bits per heavy atom. The molecule has 0 atom stereocenters. The predicted octanol–water partition coefficient (Wildman–Crippen LogP) is 6.75. The number of rotatable bonds is 5. The number of anilines is 1. The highest BCUT2D eigenvalue weighted by Gasteiger charge is 2.48. The Hall–Kier alpha value is -2.75. The van der Waals surface area contributed by atoms with E-state index in [0.29, 0.717) is 37.0 Å². The van der Waals surface area contributed by atoms with Gasteiger partial charge in [0, 0.05) is 25.2 Å². The molecule has 10 heteroatoms. The number of halogens is 1. The van der Waals surface area contributed by atoms with E-state index in [0.717, 1.165) is 54.2 Å². The van der Waals surface area contributed by atoms with Crippen LogP contribution in [0.5, 0.6) is 0 Å². The second-order valence-electron chi connectivity index (χ2n) is 12.6. The molecule has 4 aliphatic rings. The quantitative estimate of drug-likeness (QED) is 0.292. The second kappa shape index (κ2) is 10.9. The minimum absolute atomic E-state index is 0.00660. The van der Waals surface area contributed by atoms with Gasteiger partial charge >= 0.3 is 0 Å². The molecule has 2 aliphatic heterocycles. The van der Waals surface area contributed by atoms with Crippen LogP contribution in [0.15, 0.2) is 15.9 Å². The van der Waals surface area contributed by atoms with Crippen molar-refractivity contribution in [2.45, 2.75) is 90.4 Å². The van der Waals surface area contributed by atoms with Crippen molar-refractivity contribution in [1.29, 1.82) is 0 Å². The number of piperidine rings is 1. The molecule has 1 aromatic heterocycles. The highest BCUT2D eigenvalue weighted by Crippen LogP contribution is 2.46. The molecule has 2 aliphatic carbocycles. The number of nitrogens with zero attached hydrogens (tertiary/aromatic N) is 4. The Morgan fingerprint density at radius 2 is 1.75 bits per heavy atom. The summed E-state index contributed by atoms with van der Waals surface area (Å²) in [6, 6.07) is 1.04. The number of hydrogen-bond donors (Lipinski definition) is 0. The highest BCUT2D eigenvalue weighted by atomic mass is 32.1. The first-order valence-corrected chi connectivity index (χ1v) is 15.7. The first-order chi connectivity index (χ1) is 19.2. The van der Waals surface area contributed by atoms with Crippen LogP contribution in [0.1, 0.15) is 89.0 Å². The molecule has 1 spiro atoms. The molecule has 214 valence electrons. The van der Waals surface area contributed by atoms with Gasteiger partial charge in [-0.05, 0) is 75.7 Å². The van der Waals surface area contributed by atoms with Crippen molar-refractivity contribution in [3.63, 3.8) is 0 Å². The minimum Gasteiger partial charge on any atom is -0.348 e. The van der Waals surface area contributed by atoms with Crippen LogP contribution < -0.4 is 10.5 Å². The molecule has 2 aromatic rings. The fraction of sp³-hybridized carbons (Fsp3) is 0.667. The molecule has 0 bridgehead atoms. The summed E-state index contributed by atoms with van der Waals surface area (Å²) in [6.45, 7) is 2.39. The van der Waals surface area contributed by atoms with Crippen molar-refractivity contribution in [1.82, 2.24) is 4.98 Å². The summed E-state index contributed by atoms with van der Waals surface area (Å²) in [5.41, 5.74) is -0.541. The highest BCUT2D eigenvalue weighted by molar-refractivity contribution is 7.22. The zero-order valence-electron chi connectivity index (χ0n) is 23.1. The molecular formula is C30H37FN4O4S. The van der Waals surface area contributed by atoms with Crippen molar-refractivity contribution < 1.29 is 14.1 Å². The number of nitro benzene ring substituents is 1. The predicted molar refractivity (Wildman–Crippen MR) is 155 cm³/mol. The fourth-order valence-electron chi connectivity index (χ4n) is 7.68. The summed E-state index contributed by atoms with van der Waals surface area (Å²) in [5.74, 6) is 1.37. The normalized spacial score (nSPS) is 25.5. The minimum atomic E-state index is -0.786. The number of aliphatic imine (C=N–C) groups is 1. The number of benzene rings is 1. The van der Waals surface area contributed by atoms with E-state index in [2.05, 4.69) is 9.98 Å². The van der Waals surface area contributed by atoms with E-state index in [9.17, 15) is 24.1 Å². The van der Waals surface area contributed by atoms with Gasteiger partial charge < -0.3 is 4.90 Å². The molecule has 8 nitrogen and oxygen atoms in total. The van der Waals surface area contributed by atoms with Crippen LogP contribution in [0.2, 0.25) is 0 Å². The summed E-state index contributed by atoms with van der Waals surface area (Å²) in [6.07, 6.45) is 15.1. The van der Waals surface area contributed by atoms with Gasteiger partial charge in [-0.1, -0.05) is 43.4 Å². The maximum atomic E-state index is 14.3. The molecule has 0 unspecified atom stereocenters. The van der Waals surface area contributed by atoms with Crippen LogP contribution in [0.4, 0.5) is 15.2 Å². The third-order valence-corrected chi connectivity index (χ3v) is 11.3. The molecule has 1 saturated heterocycles. The maximum absolute atomic E-state index is 14.3. The summed E-state index contributed by atoms with van der Waals surface area (Å²) in [7, 11) is 0. The lowest BCUT2D eigenvalue weighted by Gasteiger charge is -2.38. The van der Waals surface area contributed by atoms with Crippen molar-refractivity contribution in [2.75, 3.05) is 18.0 Å². The van der Waals surface area contributed by atoms with Crippen LogP contribution in [0, 0.1) is 46.0 Å². The lowest BCUT2D eigenvalue weighted by molar-refractivity contribution is -0.383. The van der Waals surface area contributed by atoms with Gasteiger partial charge in [0.15, 0.2) is 5.13 Å². The van der Waals surface area contributed by atoms with Gasteiger partial charge in [0.1, 0.15) is 10.5 Å². The zero-order chi connectivity index (χ0) is 28.0. The van der Waals surface area contributed by atoms with E-state index in [4.69, 9.17) is 0 Å². The average Bonchev–Trinajstić information content (AvgIpc) is 3.26. The topological polar surface area (TPSA) is 106 Å². The molecule has 0 N–H and O–H groups in total. The number of hydrogen-bond acceptors (Lipinski definition) is 7. The largest absolute Gasteiger partial charge is 0.348 e. The molecule has 3 heterocycles. The lowest BCUT2D eigenvalue weighted by Crippen LogP contribution is -2.43. The summed E-state index contributed by atoms with van der Waals surface area (Å²) in [5, 5.41) is 12.0. The molecular weight excluding hydrogens is 531 g/mol. The summed E-state index contributed by atoms with van der Waals surface area (Å²) < 4.78 is 14.4. The van der Waals surface area contributed by atoms with E-state index in [1.165, 1.54) is 58.3 Å². The fourth-order valence-corrected chi connectivity index (χ4v) is 8.88. The van der Waals surface area contributed by atoms with Crippen molar-refractivity contribution in [3.8, 4) is 0 Å². The van der Waals surface area contributed by atoms with Crippen LogP contribution in [0.25, 0.3) is 10.1 Å². The summed E-state index contributed by atoms with van der Waals surface area (Å²) in [4.78, 5) is 47.7. The Labute approximate surface area is 237 Å². The third-order valence-electron chi connectivity index (χ3n) is 10.2. The van der Waals surface area contributed by atoms with Crippen molar-refractivity contribution >= 4 is 43.9 Å². The number of carbonyl (C=O) groups is 1. The number of amides is 1. The monoisotopic (exact) mass is 568 g/mol. The van der Waals surface area contributed by atoms with Gasteiger partial charge in [-0.15, -0.1) is 0 Å². The Bertz CT molecular complexity index is 1420. The number of aromatic nitrogens is 1. The molecule has 3 fully saturated rings. The summed E-state index contributed by atoms with van der Waals surface area (Å²) >= 11 is 1.05. The van der Waals surface area contributed by atoms with E-state index < -0.39 is 21.7 Å². The Balaban J connectivity index is 1.10. The molecule has 1 aromatic carbocycles. The van der Waals surface area contributed by atoms with E-state index in [1.807, 2.05) is 4.90 Å². The van der Waals surface area contributed by atoms with Crippen LogP contribution >= 0.6 is 11.3 Å². The van der Waals surface area contributed by atoms with E-state index in [-0.39, 0.29) is 27.2 Å². The first-order valence-electron chi connectivity index (χ1n) is 14.9. The van der Waals surface area contributed by atoms with Crippen LogP contribution in [-0.4, -0.2) is 34.6 Å². The van der Waals surface area contributed by atoms with E-state index in [1.54, 1.807) is 0 Å². The SMILES string of the molecule is Cc1c(F)cc2c(=O)nc(N3CCC4(CC3)CC(C3CCC(CC5CCCCC5)CC3)=NC4=O)sc2c1[N+](=O)[O-]. The van der Waals surface area contributed by atoms with Gasteiger partial charge in [-0.2, -0.15) is 4.98 Å². The smallest absolute Gasteiger partial charge is 0.293 e. The molecule has 2 saturated carbocycles. The Kier molecular flexibility index (Phi) is 7.48. The first kappa shape index (κ1) is 27.4. The van der Waals surface area contributed by atoms with E-state index >= 15 is 0 Å². The van der Waals surface area contributed by atoms with Crippen LogP contribution in [-0.2, 0) is 4.79 Å². The molecule has 0 radical (unpaired) electrons. The third kappa shape index (κ3) is 5.08. The van der Waals surface area contributed by atoms with Gasteiger partial charge in [0.25, 0.3) is 17.2 Å². The van der Waals surface area contributed by atoms with Gasteiger partial charge in [0.2, 0.25) is 0 Å². The maximum Gasteiger partial charge on any atom is 0.293 e. The van der Waals surface area contributed by atoms with Crippen molar-refractivity contribution in [3.05, 3.63) is 37.9 Å². The van der Waals surface area contributed by atoms with Crippen molar-refractivity contribution in [2.24, 2.45) is 28.2 Å². The molecule has 1 amide bonds. The van der Waals surface area contributed by atoms with Gasteiger partial charge in [0.05, 0.1) is 21.3 Å². The Morgan fingerprint density at radius 3 is 2.42 bits per heavy atom. The lowest BCUT2D eigenvalue weighted by atomic mass is 9.70. The molecule has 40 heavy (non-hydrogen) atoms. The number of carbonyl (C=O) groups excluding carboxylic acids is 1.